The first-order valence-electron chi connectivity index (χ1n) is 7.37. The zero-order chi connectivity index (χ0) is 16.4. The van der Waals surface area contributed by atoms with E-state index in [4.69, 9.17) is 4.74 Å². The third kappa shape index (κ3) is 3.23. The predicted octanol–water partition coefficient (Wildman–Crippen LogP) is 3.00. The van der Waals surface area contributed by atoms with Gasteiger partial charge in [0.25, 0.3) is 5.91 Å². The molecule has 23 heavy (non-hydrogen) atoms. The second-order valence-electron chi connectivity index (χ2n) is 5.44. The summed E-state index contributed by atoms with van der Waals surface area (Å²) in [5.41, 5.74) is 2.44. The number of hydrogen-bond acceptors (Lipinski definition) is 3. The zero-order valence-corrected chi connectivity index (χ0v) is 12.7. The van der Waals surface area contributed by atoms with Crippen molar-refractivity contribution in [3.8, 4) is 5.75 Å². The summed E-state index contributed by atoms with van der Waals surface area (Å²) in [5.74, 6) is -0.265. The lowest BCUT2D eigenvalue weighted by Crippen LogP contribution is -2.33. The molecule has 5 heteroatoms. The van der Waals surface area contributed by atoms with Crippen LogP contribution in [0.2, 0.25) is 0 Å². The van der Waals surface area contributed by atoms with Crippen LogP contribution in [0.4, 0.5) is 10.1 Å². The van der Waals surface area contributed by atoms with Gasteiger partial charge in [-0.2, -0.15) is 0 Å². The van der Waals surface area contributed by atoms with Crippen molar-refractivity contribution in [1.29, 1.82) is 0 Å². The van der Waals surface area contributed by atoms with E-state index in [1.54, 1.807) is 23.1 Å². The quantitative estimate of drug-likeness (QED) is 0.815. The lowest BCUT2D eigenvalue weighted by atomic mass is 10.1. The average Bonchev–Trinajstić information content (AvgIpc) is 2.95. The molecule has 0 spiro atoms. The van der Waals surface area contributed by atoms with Crippen LogP contribution < -0.4 is 9.64 Å². The number of halogens is 1. The number of nitrogens with zero attached hydrogens (tertiary/aromatic N) is 1. The standard InChI is InChI=1S/C18H16FNO3/c1-12(21)13-5-6-17-14(9-13)7-8-20(17)18(22)11-23-16-4-2-3-15(19)10-16/h2-6,9-10H,7-8,11H2,1H3. The minimum atomic E-state index is -0.404. The molecule has 0 saturated heterocycles. The molecule has 1 aliphatic heterocycles. The van der Waals surface area contributed by atoms with Crippen LogP contribution in [0, 0.1) is 5.82 Å². The Kier molecular flexibility index (Phi) is 4.10. The highest BCUT2D eigenvalue weighted by molar-refractivity contribution is 5.99. The van der Waals surface area contributed by atoms with E-state index >= 15 is 0 Å². The molecule has 0 N–H and O–H groups in total. The van der Waals surface area contributed by atoms with E-state index in [9.17, 15) is 14.0 Å². The molecule has 0 saturated carbocycles. The Labute approximate surface area is 133 Å². The largest absolute Gasteiger partial charge is 0.484 e. The number of fused-ring (bicyclic) bond motifs is 1. The first-order valence-corrected chi connectivity index (χ1v) is 7.37. The Hall–Kier alpha value is -2.69. The molecule has 0 radical (unpaired) electrons. The molecule has 1 aliphatic rings. The molecule has 0 atom stereocenters. The monoisotopic (exact) mass is 313 g/mol. The van der Waals surface area contributed by atoms with Crippen LogP contribution in [0.25, 0.3) is 0 Å². The first-order chi connectivity index (χ1) is 11.0. The number of hydrogen-bond donors (Lipinski definition) is 0. The van der Waals surface area contributed by atoms with Crippen LogP contribution in [-0.2, 0) is 11.2 Å². The Balaban J connectivity index is 1.69. The number of benzene rings is 2. The Morgan fingerprint density at radius 1 is 1.22 bits per heavy atom. The number of ketones is 1. The van der Waals surface area contributed by atoms with Crippen molar-refractivity contribution < 1.29 is 18.7 Å². The molecule has 0 aliphatic carbocycles. The van der Waals surface area contributed by atoms with Gasteiger partial charge in [0.2, 0.25) is 0 Å². The minimum absolute atomic E-state index is 0.00649. The smallest absolute Gasteiger partial charge is 0.264 e. The summed E-state index contributed by atoms with van der Waals surface area (Å²) in [6, 6.07) is 11.0. The van der Waals surface area contributed by atoms with Crippen molar-refractivity contribution in [1.82, 2.24) is 0 Å². The fourth-order valence-electron chi connectivity index (χ4n) is 2.66. The molecule has 0 fully saturated rings. The van der Waals surface area contributed by atoms with E-state index in [0.29, 0.717) is 24.3 Å². The molecule has 3 rings (SSSR count). The first kappa shape index (κ1) is 15.2. The molecule has 1 amide bonds. The van der Waals surface area contributed by atoms with E-state index in [1.807, 2.05) is 6.07 Å². The molecule has 118 valence electrons. The summed E-state index contributed by atoms with van der Waals surface area (Å²) in [6.07, 6.45) is 0.710. The number of anilines is 1. The van der Waals surface area contributed by atoms with Crippen molar-refractivity contribution in [2.45, 2.75) is 13.3 Å². The highest BCUT2D eigenvalue weighted by Crippen LogP contribution is 2.29. The summed E-state index contributed by atoms with van der Waals surface area (Å²) in [7, 11) is 0. The maximum atomic E-state index is 13.1. The van der Waals surface area contributed by atoms with Gasteiger partial charge in [0, 0.05) is 23.9 Å². The van der Waals surface area contributed by atoms with Gasteiger partial charge in [0.05, 0.1) is 0 Å². The van der Waals surface area contributed by atoms with E-state index in [1.165, 1.54) is 25.1 Å². The van der Waals surface area contributed by atoms with Crippen molar-refractivity contribution in [2.24, 2.45) is 0 Å². The summed E-state index contributed by atoms with van der Waals surface area (Å²) >= 11 is 0. The fourth-order valence-corrected chi connectivity index (χ4v) is 2.66. The normalized spacial score (nSPS) is 12.9. The van der Waals surface area contributed by atoms with Crippen LogP contribution >= 0.6 is 0 Å². The van der Waals surface area contributed by atoms with Gasteiger partial charge in [-0.15, -0.1) is 0 Å². The average molecular weight is 313 g/mol. The van der Waals surface area contributed by atoms with Crippen LogP contribution in [-0.4, -0.2) is 24.8 Å². The lowest BCUT2D eigenvalue weighted by molar-refractivity contribution is -0.120. The van der Waals surface area contributed by atoms with E-state index in [0.717, 1.165) is 11.3 Å². The van der Waals surface area contributed by atoms with Crippen molar-refractivity contribution in [2.75, 3.05) is 18.1 Å². The van der Waals surface area contributed by atoms with Crippen molar-refractivity contribution >= 4 is 17.4 Å². The predicted molar refractivity (Wildman–Crippen MR) is 84.4 cm³/mol. The minimum Gasteiger partial charge on any atom is -0.484 e. The number of Topliss-reactive ketones (excluding diaryl/α,β-unsaturated/α-hetero) is 1. The lowest BCUT2D eigenvalue weighted by Gasteiger charge is -2.17. The maximum absolute atomic E-state index is 13.1. The van der Waals surface area contributed by atoms with E-state index in [2.05, 4.69) is 0 Å². The summed E-state index contributed by atoms with van der Waals surface area (Å²) in [5, 5.41) is 0. The van der Waals surface area contributed by atoms with E-state index in [-0.39, 0.29) is 18.3 Å². The van der Waals surface area contributed by atoms with Crippen LogP contribution in [0.5, 0.6) is 5.75 Å². The Morgan fingerprint density at radius 2 is 2.04 bits per heavy atom. The van der Waals surface area contributed by atoms with Gasteiger partial charge >= 0.3 is 0 Å². The SMILES string of the molecule is CC(=O)c1ccc2c(c1)CCN2C(=O)COc1cccc(F)c1. The number of ether oxygens (including phenoxy) is 1. The van der Waals surface area contributed by atoms with Gasteiger partial charge in [0.1, 0.15) is 11.6 Å². The summed E-state index contributed by atoms with van der Waals surface area (Å²) in [6.45, 7) is 1.92. The molecule has 0 unspecified atom stereocenters. The van der Waals surface area contributed by atoms with E-state index < -0.39 is 5.82 Å². The fraction of sp³-hybridized carbons (Fsp3) is 0.222. The van der Waals surface area contributed by atoms with Gasteiger partial charge in [-0.25, -0.2) is 4.39 Å². The molecule has 2 aromatic rings. The third-order valence-electron chi connectivity index (χ3n) is 3.84. The van der Waals surface area contributed by atoms with Gasteiger partial charge in [-0.1, -0.05) is 6.07 Å². The van der Waals surface area contributed by atoms with Gasteiger partial charge in [-0.3, -0.25) is 9.59 Å². The number of amides is 1. The molecule has 0 bridgehead atoms. The summed E-state index contributed by atoms with van der Waals surface area (Å²) in [4.78, 5) is 25.4. The Bertz CT molecular complexity index is 773. The van der Waals surface area contributed by atoms with Crippen LogP contribution in [0.3, 0.4) is 0 Å². The number of carbonyl (C=O) groups excluding carboxylic acids is 2. The molecule has 1 heterocycles. The topological polar surface area (TPSA) is 46.6 Å². The van der Waals surface area contributed by atoms with Gasteiger partial charge in [0.15, 0.2) is 12.4 Å². The maximum Gasteiger partial charge on any atom is 0.264 e. The third-order valence-corrected chi connectivity index (χ3v) is 3.84. The number of carbonyl (C=O) groups is 2. The highest BCUT2D eigenvalue weighted by Gasteiger charge is 2.25. The molecular weight excluding hydrogens is 297 g/mol. The van der Waals surface area contributed by atoms with Crippen LogP contribution in [0.1, 0.15) is 22.8 Å². The Morgan fingerprint density at radius 3 is 2.78 bits per heavy atom. The van der Waals surface area contributed by atoms with Gasteiger partial charge in [-0.05, 0) is 49.2 Å². The van der Waals surface area contributed by atoms with Crippen molar-refractivity contribution in [3.63, 3.8) is 0 Å². The highest BCUT2D eigenvalue weighted by atomic mass is 19.1. The number of rotatable bonds is 4. The molecule has 2 aromatic carbocycles. The molecular formula is C18H16FNO3. The summed E-state index contributed by atoms with van der Waals surface area (Å²) < 4.78 is 18.4. The van der Waals surface area contributed by atoms with Crippen LogP contribution in [0.15, 0.2) is 42.5 Å². The molecule has 0 aromatic heterocycles. The second-order valence-corrected chi connectivity index (χ2v) is 5.44. The zero-order valence-electron chi connectivity index (χ0n) is 12.7. The molecule has 4 nitrogen and oxygen atoms in total. The van der Waals surface area contributed by atoms with Crippen molar-refractivity contribution in [3.05, 3.63) is 59.4 Å². The second kappa shape index (κ2) is 6.20. The van der Waals surface area contributed by atoms with Gasteiger partial charge < -0.3 is 9.64 Å².